The van der Waals surface area contributed by atoms with E-state index >= 15 is 0 Å². The van der Waals surface area contributed by atoms with Gasteiger partial charge in [-0.1, -0.05) is 12.1 Å². The maximum Gasteiger partial charge on any atom is 0.357 e. The molecule has 7 nitrogen and oxygen atoms in total. The summed E-state index contributed by atoms with van der Waals surface area (Å²) >= 11 is 0. The third kappa shape index (κ3) is 3.34. The average molecular weight is 329 g/mol. The summed E-state index contributed by atoms with van der Waals surface area (Å²) in [4.78, 5) is 12.1. The Morgan fingerprint density at radius 3 is 2.71 bits per heavy atom. The molecule has 24 heavy (non-hydrogen) atoms. The molecular weight excluding hydrogens is 310 g/mol. The molecule has 2 N–H and O–H groups in total. The minimum atomic E-state index is -0.631. The molecule has 2 aromatic rings. The van der Waals surface area contributed by atoms with Gasteiger partial charge in [-0.2, -0.15) is 5.26 Å². The minimum Gasteiger partial charge on any atom is -0.486 e. The number of hydrogen-bond acceptors (Lipinski definition) is 6. The number of aromatic nitrogens is 1. The van der Waals surface area contributed by atoms with Gasteiger partial charge in [-0.25, -0.2) is 4.79 Å². The van der Waals surface area contributed by atoms with Gasteiger partial charge in [-0.05, 0) is 19.1 Å². The Hall–Kier alpha value is -2.98. The summed E-state index contributed by atoms with van der Waals surface area (Å²) in [6.45, 7) is 2.28. The predicted molar refractivity (Wildman–Crippen MR) is 88.2 cm³/mol. The van der Waals surface area contributed by atoms with E-state index in [9.17, 15) is 10.1 Å². The zero-order chi connectivity index (χ0) is 17.7. The number of rotatable bonds is 6. The lowest BCUT2D eigenvalue weighted by Gasteiger charge is -2.18. The summed E-state index contributed by atoms with van der Waals surface area (Å²) in [5.41, 5.74) is 6.85. The monoisotopic (exact) mass is 329 g/mol. The van der Waals surface area contributed by atoms with Crippen LogP contribution in [0.5, 0.6) is 5.75 Å². The molecule has 0 aliphatic rings. The smallest absolute Gasteiger partial charge is 0.357 e. The van der Waals surface area contributed by atoms with E-state index in [0.29, 0.717) is 18.0 Å². The standard InChI is InChI=1S/C17H19N3O4/c1-11(10-22-2)24-14-7-5-4-6-13(14)20-9-12(8-18)15(19)16(20)17(21)23-3/h4-7,9,11H,10,19H2,1-3H3. The molecule has 0 radical (unpaired) electrons. The van der Waals surface area contributed by atoms with Crippen molar-refractivity contribution in [3.63, 3.8) is 0 Å². The Bertz CT molecular complexity index is 777. The molecule has 0 saturated heterocycles. The SMILES string of the molecule is COCC(C)Oc1ccccc1-n1cc(C#N)c(N)c1C(=O)OC. The number of para-hydroxylation sites is 2. The number of nitriles is 1. The number of carbonyl (C=O) groups is 1. The Balaban J connectivity index is 2.57. The summed E-state index contributed by atoms with van der Waals surface area (Å²) in [5.74, 6) is -0.0968. The van der Waals surface area contributed by atoms with Crippen LogP contribution in [0.25, 0.3) is 5.69 Å². The van der Waals surface area contributed by atoms with E-state index in [0.717, 1.165) is 0 Å². The van der Waals surface area contributed by atoms with Crippen LogP contribution in [0, 0.1) is 11.3 Å². The van der Waals surface area contributed by atoms with Crippen LogP contribution in [0.4, 0.5) is 5.69 Å². The molecule has 7 heteroatoms. The third-order valence-electron chi connectivity index (χ3n) is 3.40. The van der Waals surface area contributed by atoms with Crippen molar-refractivity contribution in [3.8, 4) is 17.5 Å². The van der Waals surface area contributed by atoms with Crippen LogP contribution in [-0.4, -0.2) is 37.5 Å². The molecular formula is C17H19N3O4. The molecule has 1 aromatic heterocycles. The summed E-state index contributed by atoms with van der Waals surface area (Å²) in [7, 11) is 2.85. The van der Waals surface area contributed by atoms with Crippen LogP contribution in [0.15, 0.2) is 30.5 Å². The summed E-state index contributed by atoms with van der Waals surface area (Å²) in [6, 6.07) is 9.12. The highest BCUT2D eigenvalue weighted by molar-refractivity contribution is 5.96. The molecule has 0 bridgehead atoms. The van der Waals surface area contributed by atoms with Gasteiger partial charge in [0.05, 0.1) is 30.7 Å². The second-order valence-corrected chi connectivity index (χ2v) is 5.13. The fourth-order valence-corrected chi connectivity index (χ4v) is 2.35. The van der Waals surface area contributed by atoms with Crippen molar-refractivity contribution in [3.05, 3.63) is 41.7 Å². The van der Waals surface area contributed by atoms with E-state index < -0.39 is 5.97 Å². The highest BCUT2D eigenvalue weighted by Gasteiger charge is 2.23. The Kier molecular flexibility index (Phi) is 5.45. The lowest BCUT2D eigenvalue weighted by molar-refractivity contribution is 0.0592. The molecule has 0 amide bonds. The summed E-state index contributed by atoms with van der Waals surface area (Å²) in [6.07, 6.45) is 1.30. The average Bonchev–Trinajstić information content (AvgIpc) is 2.91. The highest BCUT2D eigenvalue weighted by atomic mass is 16.5. The Morgan fingerprint density at radius 1 is 1.38 bits per heavy atom. The summed E-state index contributed by atoms with van der Waals surface area (Å²) < 4.78 is 17.2. The first-order valence-electron chi connectivity index (χ1n) is 7.27. The van der Waals surface area contributed by atoms with Crippen LogP contribution in [0.3, 0.4) is 0 Å². The largest absolute Gasteiger partial charge is 0.486 e. The predicted octanol–water partition coefficient (Wildman–Crippen LogP) is 2.13. The number of nitrogens with zero attached hydrogens (tertiary/aromatic N) is 2. The third-order valence-corrected chi connectivity index (χ3v) is 3.40. The van der Waals surface area contributed by atoms with Crippen molar-refractivity contribution in [1.29, 1.82) is 5.26 Å². The zero-order valence-electron chi connectivity index (χ0n) is 13.8. The van der Waals surface area contributed by atoms with Gasteiger partial charge in [-0.3, -0.25) is 0 Å². The topological polar surface area (TPSA) is 99.5 Å². The normalized spacial score (nSPS) is 11.6. The maximum atomic E-state index is 12.1. The Labute approximate surface area is 140 Å². The van der Waals surface area contributed by atoms with Gasteiger partial charge in [-0.15, -0.1) is 0 Å². The van der Waals surface area contributed by atoms with Gasteiger partial charge in [0, 0.05) is 13.3 Å². The molecule has 0 aliphatic heterocycles. The van der Waals surface area contributed by atoms with Crippen molar-refractivity contribution in [2.45, 2.75) is 13.0 Å². The maximum absolute atomic E-state index is 12.1. The number of nitrogen functional groups attached to an aromatic ring is 1. The number of esters is 1. The van der Waals surface area contributed by atoms with Gasteiger partial charge in [0.1, 0.15) is 17.9 Å². The zero-order valence-corrected chi connectivity index (χ0v) is 13.8. The van der Waals surface area contributed by atoms with E-state index in [1.807, 2.05) is 19.1 Å². The molecule has 0 spiro atoms. The highest BCUT2D eigenvalue weighted by Crippen LogP contribution is 2.30. The van der Waals surface area contributed by atoms with E-state index in [4.69, 9.17) is 19.9 Å². The number of benzene rings is 1. The van der Waals surface area contributed by atoms with Gasteiger partial charge in [0.15, 0.2) is 5.69 Å². The van der Waals surface area contributed by atoms with Crippen molar-refractivity contribution >= 4 is 11.7 Å². The lowest BCUT2D eigenvalue weighted by atomic mass is 10.2. The van der Waals surface area contributed by atoms with Crippen LogP contribution in [0.2, 0.25) is 0 Å². The number of methoxy groups -OCH3 is 2. The first-order chi connectivity index (χ1) is 11.5. The molecule has 1 atom stereocenters. The molecule has 1 heterocycles. The van der Waals surface area contributed by atoms with Crippen molar-refractivity contribution in [1.82, 2.24) is 4.57 Å². The van der Waals surface area contributed by atoms with Crippen molar-refractivity contribution in [2.24, 2.45) is 0 Å². The number of anilines is 1. The number of ether oxygens (including phenoxy) is 3. The fourth-order valence-electron chi connectivity index (χ4n) is 2.35. The van der Waals surface area contributed by atoms with Crippen molar-refractivity contribution in [2.75, 3.05) is 26.6 Å². The molecule has 126 valence electrons. The lowest BCUT2D eigenvalue weighted by Crippen LogP contribution is -2.19. The number of nitrogens with two attached hydrogens (primary N) is 1. The van der Waals surface area contributed by atoms with Gasteiger partial charge >= 0.3 is 5.97 Å². The van der Waals surface area contributed by atoms with E-state index in [2.05, 4.69) is 0 Å². The van der Waals surface area contributed by atoms with Gasteiger partial charge in [0.25, 0.3) is 0 Å². The first kappa shape index (κ1) is 17.4. The van der Waals surface area contributed by atoms with Crippen LogP contribution in [-0.2, 0) is 9.47 Å². The van der Waals surface area contributed by atoms with Crippen LogP contribution in [0.1, 0.15) is 23.0 Å². The van der Waals surface area contributed by atoms with Gasteiger partial charge < -0.3 is 24.5 Å². The molecule has 2 rings (SSSR count). The quantitative estimate of drug-likeness (QED) is 0.815. The van der Waals surface area contributed by atoms with E-state index in [1.165, 1.54) is 17.9 Å². The second kappa shape index (κ2) is 7.53. The molecule has 0 saturated carbocycles. The molecule has 1 aromatic carbocycles. The van der Waals surface area contributed by atoms with Gasteiger partial charge in [0.2, 0.25) is 0 Å². The van der Waals surface area contributed by atoms with Crippen molar-refractivity contribution < 1.29 is 19.0 Å². The van der Waals surface area contributed by atoms with Crippen LogP contribution >= 0.6 is 0 Å². The fraction of sp³-hybridized carbons (Fsp3) is 0.294. The number of hydrogen-bond donors (Lipinski definition) is 1. The van der Waals surface area contributed by atoms with Crippen LogP contribution < -0.4 is 10.5 Å². The number of carbonyl (C=O) groups excluding carboxylic acids is 1. The summed E-state index contributed by atoms with van der Waals surface area (Å²) in [5, 5.41) is 9.20. The second-order valence-electron chi connectivity index (χ2n) is 5.13. The van der Waals surface area contributed by atoms with E-state index in [1.54, 1.807) is 25.3 Å². The van der Waals surface area contributed by atoms with E-state index in [-0.39, 0.29) is 23.0 Å². The molecule has 0 fully saturated rings. The molecule has 1 unspecified atom stereocenters. The first-order valence-corrected chi connectivity index (χ1v) is 7.27. The molecule has 0 aliphatic carbocycles. The minimum absolute atomic E-state index is 0.0732. The Morgan fingerprint density at radius 2 is 2.08 bits per heavy atom.